The molecule has 0 radical (unpaired) electrons. The lowest BCUT2D eigenvalue weighted by atomic mass is 10.4. The summed E-state index contributed by atoms with van der Waals surface area (Å²) in [6.07, 6.45) is 1.62. The van der Waals surface area contributed by atoms with E-state index in [0.29, 0.717) is 39.6 Å². The summed E-state index contributed by atoms with van der Waals surface area (Å²) in [6.45, 7) is 15.4. The minimum absolute atomic E-state index is 0.230. The molecule has 0 saturated heterocycles. The van der Waals surface area contributed by atoms with E-state index in [4.69, 9.17) is 28.4 Å². The molecule has 0 atom stereocenters. The molecule has 0 aromatic heterocycles. The summed E-state index contributed by atoms with van der Waals surface area (Å²) in [4.78, 5) is 0. The molecule has 10 heteroatoms. The largest absolute Gasteiger partial charge is 0.328 e. The molecule has 0 heterocycles. The van der Waals surface area contributed by atoms with Gasteiger partial charge in [0.05, 0.1) is 17.3 Å². The van der Waals surface area contributed by atoms with Crippen LogP contribution in [0.4, 0.5) is 0 Å². The topological polar surface area (TPSA) is 55.4 Å². The maximum absolute atomic E-state index is 5.79. The van der Waals surface area contributed by atoms with Crippen LogP contribution in [0.15, 0.2) is 0 Å². The third-order valence-corrected chi connectivity index (χ3v) is 17.7. The summed E-state index contributed by atoms with van der Waals surface area (Å²) < 4.78 is 34.7. The number of rotatable bonds is 21. The van der Waals surface area contributed by atoms with Gasteiger partial charge in [-0.05, 0) is 53.6 Å². The van der Waals surface area contributed by atoms with E-state index in [0.717, 1.165) is 24.9 Å². The van der Waals surface area contributed by atoms with Crippen LogP contribution in [0, 0.1) is 0 Å². The summed E-state index contributed by atoms with van der Waals surface area (Å²) in [5.41, 5.74) is 0. The zero-order valence-corrected chi connectivity index (χ0v) is 23.2. The highest BCUT2D eigenvalue weighted by molar-refractivity contribution is 8.92. The first kappa shape index (κ1) is 28.9. The van der Waals surface area contributed by atoms with Gasteiger partial charge in [0.2, 0.25) is 0 Å². The predicted molar refractivity (Wildman–Crippen MR) is 126 cm³/mol. The van der Waals surface area contributed by atoms with Crippen molar-refractivity contribution in [2.24, 2.45) is 0 Å². The normalized spacial score (nSPS) is 13.5. The van der Waals surface area contributed by atoms with E-state index in [2.05, 4.69) is 20.5 Å². The van der Waals surface area contributed by atoms with Gasteiger partial charge in [-0.25, -0.2) is 0 Å². The van der Waals surface area contributed by atoms with Crippen molar-refractivity contribution in [1.82, 2.24) is 0 Å². The first-order chi connectivity index (χ1) is 13.6. The maximum Gasteiger partial charge on any atom is 0.282 e. The van der Waals surface area contributed by atoms with Crippen molar-refractivity contribution >= 4 is 37.8 Å². The van der Waals surface area contributed by atoms with Gasteiger partial charge >= 0.3 is 0 Å². The molecule has 0 rings (SSSR count). The van der Waals surface area contributed by atoms with E-state index in [1.165, 1.54) is 0 Å². The highest BCUT2D eigenvalue weighted by Gasteiger charge is 2.32. The Morgan fingerprint density at radius 1 is 0.500 bits per heavy atom. The van der Waals surface area contributed by atoms with E-state index in [1.54, 1.807) is 0 Å². The lowest BCUT2D eigenvalue weighted by Crippen LogP contribution is -2.39. The Bertz CT molecular complexity index is 290. The second-order valence-electron chi connectivity index (χ2n) is 5.82. The predicted octanol–water partition coefficient (Wildman–Crippen LogP) is 3.68. The van der Waals surface area contributed by atoms with Crippen molar-refractivity contribution in [3.8, 4) is 0 Å². The van der Waals surface area contributed by atoms with E-state index in [1.807, 2.05) is 41.5 Å². The smallest absolute Gasteiger partial charge is 0.282 e. The van der Waals surface area contributed by atoms with Crippen molar-refractivity contribution in [3.05, 3.63) is 0 Å². The maximum atomic E-state index is 5.79. The van der Waals surface area contributed by atoms with Gasteiger partial charge in [-0.15, -0.1) is 20.5 Å². The van der Waals surface area contributed by atoms with Crippen LogP contribution in [0.3, 0.4) is 0 Å². The molecule has 0 saturated carbocycles. The summed E-state index contributed by atoms with van der Waals surface area (Å²) >= 11 is 0. The first-order valence-corrected chi connectivity index (χ1v) is 18.6. The fourth-order valence-corrected chi connectivity index (χ4v) is 17.3. The van der Waals surface area contributed by atoms with Crippen molar-refractivity contribution in [2.75, 3.05) is 39.6 Å². The average Bonchev–Trinajstić information content (AvgIpc) is 2.65. The second kappa shape index (κ2) is 18.6. The molecule has 0 aliphatic carbocycles. The zero-order valence-electron chi connectivity index (χ0n) is 18.8. The van der Waals surface area contributed by atoms with Gasteiger partial charge in [0.1, 0.15) is 0 Å². The SMILES string of the molecule is CCOC(CC[SiH2]SS[SiH2]CCC(OCC)(OCC)OCC)(OCC)OCC. The molecule has 0 unspecified atom stereocenters. The number of hydrogen-bond donors (Lipinski definition) is 0. The van der Waals surface area contributed by atoms with Crippen LogP contribution in [0.5, 0.6) is 0 Å². The summed E-state index contributed by atoms with van der Waals surface area (Å²) in [6, 6.07) is 2.26. The Balaban J connectivity index is 4.14. The Morgan fingerprint density at radius 2 is 0.750 bits per heavy atom. The Morgan fingerprint density at radius 3 is 0.964 bits per heavy atom. The molecular formula is C18H42O6S2Si2. The molecular weight excluding hydrogens is 432 g/mol. The van der Waals surface area contributed by atoms with Crippen molar-refractivity contribution in [1.29, 1.82) is 0 Å². The van der Waals surface area contributed by atoms with Crippen LogP contribution in [0.2, 0.25) is 12.1 Å². The van der Waals surface area contributed by atoms with Gasteiger partial charge < -0.3 is 28.4 Å². The molecule has 0 N–H and O–H groups in total. The molecule has 6 nitrogen and oxygen atoms in total. The van der Waals surface area contributed by atoms with Gasteiger partial charge in [-0.1, -0.05) is 0 Å². The van der Waals surface area contributed by atoms with Gasteiger partial charge in [0.15, 0.2) is 0 Å². The van der Waals surface area contributed by atoms with Gasteiger partial charge in [-0.2, -0.15) is 0 Å². The zero-order chi connectivity index (χ0) is 21.1. The minimum Gasteiger partial charge on any atom is -0.328 e. The van der Waals surface area contributed by atoms with E-state index < -0.39 is 11.9 Å². The third-order valence-electron chi connectivity index (χ3n) is 3.69. The van der Waals surface area contributed by atoms with Crippen LogP contribution in [0.25, 0.3) is 0 Å². The number of hydrogen-bond acceptors (Lipinski definition) is 8. The van der Waals surface area contributed by atoms with Crippen LogP contribution < -0.4 is 0 Å². The third kappa shape index (κ3) is 12.6. The molecule has 0 amide bonds. The lowest BCUT2D eigenvalue weighted by Gasteiger charge is -2.32. The van der Waals surface area contributed by atoms with Crippen molar-refractivity contribution < 1.29 is 28.4 Å². The molecule has 0 aliphatic heterocycles. The quantitative estimate of drug-likeness (QED) is 0.108. The van der Waals surface area contributed by atoms with Gasteiger partial charge in [-0.3, -0.25) is 0 Å². The molecule has 0 aromatic carbocycles. The molecule has 0 aliphatic rings. The molecule has 170 valence electrons. The van der Waals surface area contributed by atoms with Crippen LogP contribution in [-0.4, -0.2) is 68.9 Å². The van der Waals surface area contributed by atoms with Crippen LogP contribution >= 0.6 is 20.5 Å². The first-order valence-electron chi connectivity index (χ1n) is 10.7. The highest BCUT2D eigenvalue weighted by Crippen LogP contribution is 2.28. The monoisotopic (exact) mass is 474 g/mol. The van der Waals surface area contributed by atoms with E-state index in [9.17, 15) is 0 Å². The van der Waals surface area contributed by atoms with Crippen molar-refractivity contribution in [3.63, 3.8) is 0 Å². The molecule has 0 spiro atoms. The van der Waals surface area contributed by atoms with Gasteiger partial charge in [0.25, 0.3) is 11.9 Å². The Labute approximate surface area is 184 Å². The molecule has 0 bridgehead atoms. The molecule has 28 heavy (non-hydrogen) atoms. The summed E-state index contributed by atoms with van der Waals surface area (Å²) in [5, 5.41) is 0. The highest BCUT2D eigenvalue weighted by atomic mass is 33.3. The fourth-order valence-electron chi connectivity index (χ4n) is 2.82. The van der Waals surface area contributed by atoms with Crippen molar-refractivity contribution in [2.45, 2.75) is 78.4 Å². The van der Waals surface area contributed by atoms with E-state index >= 15 is 0 Å². The minimum atomic E-state index is -0.847. The summed E-state index contributed by atoms with van der Waals surface area (Å²) in [7, 11) is 3.67. The number of ether oxygens (including phenoxy) is 6. The Kier molecular flexibility index (Phi) is 19.2. The van der Waals surface area contributed by atoms with E-state index in [-0.39, 0.29) is 17.3 Å². The van der Waals surface area contributed by atoms with Crippen LogP contribution in [0.1, 0.15) is 54.4 Å². The lowest BCUT2D eigenvalue weighted by molar-refractivity contribution is -0.378. The second-order valence-corrected chi connectivity index (χ2v) is 16.6. The average molecular weight is 475 g/mol. The summed E-state index contributed by atoms with van der Waals surface area (Å²) in [5.74, 6) is -1.69. The molecule has 0 aromatic rings. The standard InChI is InChI=1S/C18H42O6S2Si2/c1-7-19-17(20-8-2,21-9-3)13-15-27-25-26-28-16-14-18(22-10-4,23-11-5)24-12-6/h7-16,27-28H2,1-6H3. The van der Waals surface area contributed by atoms with Crippen LogP contribution in [-0.2, 0) is 28.4 Å². The Hall–Kier alpha value is 0.894. The fraction of sp³-hybridized carbons (Fsp3) is 1.00. The molecule has 0 fully saturated rings. The van der Waals surface area contributed by atoms with Gasteiger partial charge in [0, 0.05) is 52.5 Å².